The van der Waals surface area contributed by atoms with Crippen molar-refractivity contribution >= 4 is 45.2 Å². The summed E-state index contributed by atoms with van der Waals surface area (Å²) in [4.78, 5) is 45.2. The van der Waals surface area contributed by atoms with E-state index in [4.69, 9.17) is 0 Å². The molecule has 0 radical (unpaired) electrons. The zero-order valence-corrected chi connectivity index (χ0v) is 27.2. The lowest BCUT2D eigenvalue weighted by molar-refractivity contribution is -0.158. The third-order valence-electron chi connectivity index (χ3n) is 8.67. The summed E-state index contributed by atoms with van der Waals surface area (Å²) in [7, 11) is -2.81. The second kappa shape index (κ2) is 13.8. The van der Waals surface area contributed by atoms with E-state index in [-0.39, 0.29) is 43.4 Å². The molecule has 0 saturated carbocycles. The fourth-order valence-electron chi connectivity index (χ4n) is 6.55. The molecule has 2 atom stereocenters. The molecule has 2 heterocycles. The molecule has 0 unspecified atom stereocenters. The van der Waals surface area contributed by atoms with Gasteiger partial charge in [-0.1, -0.05) is 84.9 Å². The van der Waals surface area contributed by atoms with Gasteiger partial charge in [-0.15, -0.1) is 0 Å². The van der Waals surface area contributed by atoms with Gasteiger partial charge in [0.15, 0.2) is 0 Å². The Labute approximate surface area is 275 Å². The number of amides is 4. The average Bonchev–Trinajstić information content (AvgIpc) is 3.37. The predicted molar refractivity (Wildman–Crippen MR) is 180 cm³/mol. The van der Waals surface area contributed by atoms with Gasteiger partial charge in [0.25, 0.3) is 0 Å². The van der Waals surface area contributed by atoms with Gasteiger partial charge >= 0.3 is 6.03 Å². The molecule has 244 valence electrons. The molecule has 0 aliphatic carbocycles. The van der Waals surface area contributed by atoms with E-state index in [1.54, 1.807) is 44.1 Å². The molecule has 47 heavy (non-hydrogen) atoms. The van der Waals surface area contributed by atoms with Gasteiger partial charge in [0.1, 0.15) is 12.2 Å². The van der Waals surface area contributed by atoms with E-state index in [1.165, 1.54) is 0 Å². The van der Waals surface area contributed by atoms with Crippen LogP contribution in [0.3, 0.4) is 0 Å². The van der Waals surface area contributed by atoms with E-state index in [9.17, 15) is 22.8 Å². The Kier molecular flexibility index (Phi) is 9.41. The lowest BCUT2D eigenvalue weighted by Gasteiger charge is -2.47. The van der Waals surface area contributed by atoms with Crippen molar-refractivity contribution in [2.24, 2.45) is 0 Å². The number of fused-ring (bicyclic) bond motifs is 2. The molecule has 4 aromatic carbocycles. The van der Waals surface area contributed by atoms with Crippen LogP contribution in [0.15, 0.2) is 97.1 Å². The number of nitrogens with zero attached hydrogens (tertiary/aromatic N) is 4. The maximum absolute atomic E-state index is 14.3. The Morgan fingerprint density at radius 1 is 0.894 bits per heavy atom. The first kappa shape index (κ1) is 32.0. The topological polar surface area (TPSA) is 122 Å². The minimum absolute atomic E-state index is 0.0487. The molecular formula is C35H38N6O5S. The van der Waals surface area contributed by atoms with Crippen molar-refractivity contribution in [2.75, 3.05) is 17.8 Å². The Morgan fingerprint density at radius 3 is 2.32 bits per heavy atom. The van der Waals surface area contributed by atoms with Crippen LogP contribution >= 0.6 is 0 Å². The number of anilines is 1. The molecular weight excluding hydrogens is 616 g/mol. The van der Waals surface area contributed by atoms with Gasteiger partial charge < -0.3 is 15.1 Å². The Balaban J connectivity index is 1.32. The Morgan fingerprint density at radius 2 is 1.60 bits per heavy atom. The van der Waals surface area contributed by atoms with Gasteiger partial charge in [-0.2, -0.15) is 5.01 Å². The summed E-state index contributed by atoms with van der Waals surface area (Å²) in [6.45, 7) is 4.65. The third-order valence-corrected chi connectivity index (χ3v) is 9.11. The van der Waals surface area contributed by atoms with Crippen molar-refractivity contribution in [3.05, 3.63) is 114 Å². The number of urea groups is 1. The Hall–Kier alpha value is -4.94. The number of hydrogen-bond donors (Lipinski definition) is 3. The largest absolute Gasteiger partial charge is 0.333 e. The molecule has 2 fully saturated rings. The van der Waals surface area contributed by atoms with Gasteiger partial charge in [0.05, 0.1) is 13.1 Å². The summed E-state index contributed by atoms with van der Waals surface area (Å²) < 4.78 is 24.6. The summed E-state index contributed by atoms with van der Waals surface area (Å²) in [5.74, 6) is -0.417. The summed E-state index contributed by atoms with van der Waals surface area (Å²) in [5.41, 5.74) is 3.13. The van der Waals surface area contributed by atoms with Crippen LogP contribution < -0.4 is 10.0 Å². The van der Waals surface area contributed by atoms with Crippen molar-refractivity contribution in [3.63, 3.8) is 0 Å². The first-order valence-electron chi connectivity index (χ1n) is 15.6. The van der Waals surface area contributed by atoms with Crippen LogP contribution in [0, 0.1) is 0 Å². The van der Waals surface area contributed by atoms with Crippen molar-refractivity contribution < 1.29 is 22.8 Å². The standard InChI is InChI=1S/C35H38N6O5S/c1-24(2)41(35(44)36-20-26-9-4-3-5-10-26)39-23-33(42)40-31(19-25-15-17-29(18-16-25)37-47(45)46)34(43)38(22-32(39)40)21-28-13-8-12-27-11-6-7-14-30(27)28/h3-18,24,31-32,47H,19-23H2,1-2H3,(H,36,44)(H,37,45,46)/t31-,32+/m0/s1. The highest BCUT2D eigenvalue weighted by atomic mass is 32.2. The monoisotopic (exact) mass is 654 g/mol. The second-order valence-corrected chi connectivity index (χ2v) is 12.8. The van der Waals surface area contributed by atoms with E-state index in [0.717, 1.165) is 27.5 Å². The fraction of sp³-hybridized carbons (Fsp3) is 0.286. The summed E-state index contributed by atoms with van der Waals surface area (Å²) in [5, 5.41) is 8.51. The molecule has 4 aromatic rings. The van der Waals surface area contributed by atoms with Crippen LogP contribution in [-0.2, 0) is 40.0 Å². The van der Waals surface area contributed by atoms with Crippen molar-refractivity contribution in [2.45, 2.75) is 51.6 Å². The maximum Gasteiger partial charge on any atom is 0.332 e. The molecule has 6 rings (SSSR count). The predicted octanol–water partition coefficient (Wildman–Crippen LogP) is 3.74. The number of benzene rings is 4. The number of thiol groups is 1. The number of carbonyl (C=O) groups excluding carboxylic acids is 3. The van der Waals surface area contributed by atoms with Gasteiger partial charge in [-0.05, 0) is 53.4 Å². The van der Waals surface area contributed by atoms with Gasteiger partial charge in [-0.3, -0.25) is 19.3 Å². The highest BCUT2D eigenvalue weighted by molar-refractivity contribution is 7.73. The lowest BCUT2D eigenvalue weighted by Crippen LogP contribution is -2.66. The number of carbonyl (C=O) groups is 3. The van der Waals surface area contributed by atoms with Crippen LogP contribution in [0.1, 0.15) is 30.5 Å². The molecule has 0 bridgehead atoms. The van der Waals surface area contributed by atoms with Crippen LogP contribution in [0.2, 0.25) is 0 Å². The van der Waals surface area contributed by atoms with Crippen LogP contribution in [0.5, 0.6) is 0 Å². The van der Waals surface area contributed by atoms with Gasteiger partial charge in [0, 0.05) is 31.2 Å². The van der Waals surface area contributed by atoms with E-state index in [1.807, 2.05) is 86.6 Å². The molecule has 11 nitrogen and oxygen atoms in total. The quantitative estimate of drug-likeness (QED) is 0.224. The van der Waals surface area contributed by atoms with Crippen LogP contribution in [0.25, 0.3) is 10.8 Å². The van der Waals surface area contributed by atoms with E-state index in [2.05, 4.69) is 10.0 Å². The van der Waals surface area contributed by atoms with E-state index >= 15 is 0 Å². The SMILES string of the molecule is CC(C)N(C(=O)NCc1ccccc1)N1CC(=O)N2[C@@H](Cc3ccc(N[SH](=O)=O)cc3)C(=O)N(Cc3cccc4ccccc34)C[C@@H]21. The number of rotatable bonds is 10. The smallest absolute Gasteiger partial charge is 0.332 e. The highest BCUT2D eigenvalue weighted by Gasteiger charge is 2.52. The van der Waals surface area contributed by atoms with Crippen molar-refractivity contribution in [3.8, 4) is 0 Å². The molecule has 4 amide bonds. The zero-order valence-electron chi connectivity index (χ0n) is 26.3. The van der Waals surface area contributed by atoms with Crippen LogP contribution in [0.4, 0.5) is 10.5 Å². The summed E-state index contributed by atoms with van der Waals surface area (Å²) in [6, 6.07) is 29.0. The second-order valence-electron chi connectivity index (χ2n) is 12.1. The number of hydrazine groups is 1. The fourth-order valence-corrected chi connectivity index (χ4v) is 6.91. The minimum Gasteiger partial charge on any atom is -0.333 e. The molecule has 2 N–H and O–H groups in total. The molecule has 0 aromatic heterocycles. The van der Waals surface area contributed by atoms with Gasteiger partial charge in [0.2, 0.25) is 22.7 Å². The molecule has 12 heteroatoms. The molecule has 2 saturated heterocycles. The van der Waals surface area contributed by atoms with E-state index < -0.39 is 23.1 Å². The summed E-state index contributed by atoms with van der Waals surface area (Å²) >= 11 is 0. The molecule has 0 spiro atoms. The highest BCUT2D eigenvalue weighted by Crippen LogP contribution is 2.32. The lowest BCUT2D eigenvalue weighted by atomic mass is 9.99. The van der Waals surface area contributed by atoms with E-state index in [0.29, 0.717) is 18.8 Å². The van der Waals surface area contributed by atoms with Crippen molar-refractivity contribution in [1.29, 1.82) is 0 Å². The van der Waals surface area contributed by atoms with Crippen molar-refractivity contribution in [1.82, 2.24) is 25.1 Å². The number of hydrogen-bond acceptors (Lipinski definition) is 6. The average molecular weight is 655 g/mol. The normalized spacial score (nSPS) is 18.2. The number of nitrogens with one attached hydrogen (secondary N) is 2. The van der Waals surface area contributed by atoms with Gasteiger partial charge in [-0.25, -0.2) is 13.2 Å². The molecule has 2 aliphatic heterocycles. The summed E-state index contributed by atoms with van der Waals surface area (Å²) in [6.07, 6.45) is -0.345. The molecule has 2 aliphatic rings. The number of piperazine rings is 1. The third kappa shape index (κ3) is 6.93. The van der Waals surface area contributed by atoms with Crippen LogP contribution in [-0.4, -0.2) is 77.4 Å². The first-order chi connectivity index (χ1) is 22.7. The maximum atomic E-state index is 14.3. The first-order valence-corrected chi connectivity index (χ1v) is 16.8. The minimum atomic E-state index is -2.81. The zero-order chi connectivity index (χ0) is 33.1. The Bertz CT molecular complexity index is 1840.